The van der Waals surface area contributed by atoms with E-state index >= 15 is 0 Å². The number of hydrogen-bond acceptors (Lipinski definition) is 4. The molecular weight excluding hydrogens is 371 g/mol. The average Bonchev–Trinajstić information content (AvgIpc) is 3.07. The first-order chi connectivity index (χ1) is 13.5. The lowest BCUT2D eigenvalue weighted by Gasteiger charge is -2.26. The number of morpholine rings is 1. The monoisotopic (exact) mass is 393 g/mol. The second kappa shape index (κ2) is 9.57. The molecule has 1 aromatic heterocycles. The molecule has 0 atom stereocenters. The summed E-state index contributed by atoms with van der Waals surface area (Å²) >= 11 is 0. The van der Waals surface area contributed by atoms with Crippen molar-refractivity contribution >= 4 is 11.0 Å². The number of ether oxygens (including phenoxy) is 2. The standard InChI is InChI=1S/C12H14F3NO2.C8H8N2/c13-10-7-9(1-2-11(10)18-12(14)15)8-16-3-5-17-6-4-16;1-10-6-9-7-4-2-3-5-8(7)10/h1-2,7,12H,3-6,8H2;2-6H,1H3. The minimum atomic E-state index is -3.01. The summed E-state index contributed by atoms with van der Waals surface area (Å²) in [6.07, 6.45) is 1.82. The van der Waals surface area contributed by atoms with E-state index < -0.39 is 18.2 Å². The molecule has 0 spiro atoms. The summed E-state index contributed by atoms with van der Waals surface area (Å²) in [4.78, 5) is 6.30. The Hall–Kier alpha value is -2.58. The predicted molar refractivity (Wildman–Crippen MR) is 99.8 cm³/mol. The smallest absolute Gasteiger partial charge is 0.387 e. The van der Waals surface area contributed by atoms with E-state index in [1.165, 1.54) is 17.6 Å². The van der Waals surface area contributed by atoms with Gasteiger partial charge in [-0.2, -0.15) is 8.78 Å². The Bertz CT molecular complexity index is 895. The molecule has 5 nitrogen and oxygen atoms in total. The molecule has 1 aliphatic rings. The zero-order valence-electron chi connectivity index (χ0n) is 15.5. The summed E-state index contributed by atoms with van der Waals surface area (Å²) in [5, 5.41) is 0. The third kappa shape index (κ3) is 5.46. The molecular formula is C20H22F3N3O2. The molecule has 150 valence electrons. The van der Waals surface area contributed by atoms with Gasteiger partial charge in [-0.15, -0.1) is 0 Å². The highest BCUT2D eigenvalue weighted by Gasteiger charge is 2.14. The first kappa shape index (κ1) is 20.2. The fourth-order valence-electron chi connectivity index (χ4n) is 2.93. The second-order valence-corrected chi connectivity index (χ2v) is 6.38. The lowest BCUT2D eigenvalue weighted by atomic mass is 10.2. The number of hydrogen-bond donors (Lipinski definition) is 0. The Labute approximate surface area is 161 Å². The molecule has 0 N–H and O–H groups in total. The molecule has 1 saturated heterocycles. The number of aryl methyl sites for hydroxylation is 1. The van der Waals surface area contributed by atoms with Gasteiger partial charge < -0.3 is 14.0 Å². The van der Waals surface area contributed by atoms with Gasteiger partial charge in [0.25, 0.3) is 0 Å². The number of aromatic nitrogens is 2. The molecule has 1 aliphatic heterocycles. The van der Waals surface area contributed by atoms with Crippen LogP contribution >= 0.6 is 0 Å². The van der Waals surface area contributed by atoms with E-state index in [4.69, 9.17) is 4.74 Å². The molecule has 0 bridgehead atoms. The van der Waals surface area contributed by atoms with Gasteiger partial charge in [0.05, 0.1) is 30.6 Å². The van der Waals surface area contributed by atoms with Gasteiger partial charge in [0.1, 0.15) is 0 Å². The van der Waals surface area contributed by atoms with Crippen molar-refractivity contribution in [1.82, 2.24) is 14.5 Å². The van der Waals surface area contributed by atoms with Crippen LogP contribution in [0.15, 0.2) is 48.8 Å². The molecule has 0 saturated carbocycles. The number of benzene rings is 2. The van der Waals surface area contributed by atoms with Gasteiger partial charge in [-0.3, -0.25) is 4.90 Å². The summed E-state index contributed by atoms with van der Waals surface area (Å²) in [5.41, 5.74) is 2.98. The minimum absolute atomic E-state index is 0.421. The van der Waals surface area contributed by atoms with Crippen molar-refractivity contribution in [3.8, 4) is 5.75 Å². The maximum absolute atomic E-state index is 13.5. The number of alkyl halides is 2. The van der Waals surface area contributed by atoms with Crippen molar-refractivity contribution < 1.29 is 22.6 Å². The summed E-state index contributed by atoms with van der Waals surface area (Å²) in [6, 6.07) is 12.1. The van der Waals surface area contributed by atoms with Gasteiger partial charge in [-0.05, 0) is 29.8 Å². The Morgan fingerprint density at radius 1 is 1.14 bits per heavy atom. The fraction of sp³-hybridized carbons (Fsp3) is 0.350. The molecule has 28 heavy (non-hydrogen) atoms. The van der Waals surface area contributed by atoms with Crippen molar-refractivity contribution in [3.05, 3.63) is 60.2 Å². The number of fused-ring (bicyclic) bond motifs is 1. The van der Waals surface area contributed by atoms with Crippen LogP contribution in [0.3, 0.4) is 0 Å². The maximum atomic E-state index is 13.5. The number of halogens is 3. The summed E-state index contributed by atoms with van der Waals surface area (Å²) in [5.74, 6) is -1.18. The summed E-state index contributed by atoms with van der Waals surface area (Å²) < 4.78 is 48.7. The largest absolute Gasteiger partial charge is 0.432 e. The Balaban J connectivity index is 0.000000188. The molecule has 0 amide bonds. The summed E-state index contributed by atoms with van der Waals surface area (Å²) in [7, 11) is 2.00. The van der Waals surface area contributed by atoms with E-state index in [1.54, 1.807) is 6.07 Å². The van der Waals surface area contributed by atoms with E-state index in [-0.39, 0.29) is 0 Å². The van der Waals surface area contributed by atoms with Gasteiger partial charge in [-0.25, -0.2) is 9.37 Å². The molecule has 4 rings (SSSR count). The maximum Gasteiger partial charge on any atom is 0.387 e. The van der Waals surface area contributed by atoms with E-state index in [1.807, 2.05) is 36.1 Å². The van der Waals surface area contributed by atoms with Crippen LogP contribution in [0.4, 0.5) is 13.2 Å². The van der Waals surface area contributed by atoms with Crippen molar-refractivity contribution in [3.63, 3.8) is 0 Å². The van der Waals surface area contributed by atoms with Crippen LogP contribution in [0.1, 0.15) is 5.56 Å². The molecule has 2 aromatic carbocycles. The molecule has 1 fully saturated rings. The van der Waals surface area contributed by atoms with E-state index in [0.29, 0.717) is 19.8 Å². The van der Waals surface area contributed by atoms with Crippen molar-refractivity contribution in [1.29, 1.82) is 0 Å². The lowest BCUT2D eigenvalue weighted by molar-refractivity contribution is -0.0522. The van der Waals surface area contributed by atoms with E-state index in [0.717, 1.165) is 24.2 Å². The van der Waals surface area contributed by atoms with Crippen molar-refractivity contribution in [2.75, 3.05) is 26.3 Å². The van der Waals surface area contributed by atoms with Crippen LogP contribution < -0.4 is 4.74 Å². The zero-order valence-corrected chi connectivity index (χ0v) is 15.5. The molecule has 0 unspecified atom stereocenters. The second-order valence-electron chi connectivity index (χ2n) is 6.38. The number of nitrogens with zero attached hydrogens (tertiary/aromatic N) is 3. The highest BCUT2D eigenvalue weighted by atomic mass is 19.3. The van der Waals surface area contributed by atoms with Crippen LogP contribution in [0.25, 0.3) is 11.0 Å². The molecule has 8 heteroatoms. The molecule has 0 radical (unpaired) electrons. The average molecular weight is 393 g/mol. The van der Waals surface area contributed by atoms with Gasteiger partial charge in [0.2, 0.25) is 0 Å². The molecule has 2 heterocycles. The van der Waals surface area contributed by atoms with Gasteiger partial charge in [0, 0.05) is 26.7 Å². The van der Waals surface area contributed by atoms with E-state index in [9.17, 15) is 13.2 Å². The first-order valence-corrected chi connectivity index (χ1v) is 8.92. The van der Waals surface area contributed by atoms with Crippen molar-refractivity contribution in [2.45, 2.75) is 13.2 Å². The van der Waals surface area contributed by atoms with Crippen LogP contribution in [0, 0.1) is 5.82 Å². The topological polar surface area (TPSA) is 39.5 Å². The lowest BCUT2D eigenvalue weighted by Crippen LogP contribution is -2.35. The van der Waals surface area contributed by atoms with Gasteiger partial charge >= 0.3 is 6.61 Å². The SMILES string of the molecule is Cn1cnc2ccccc21.Fc1cc(CN2CCOCC2)ccc1OC(F)F. The van der Waals surface area contributed by atoms with E-state index in [2.05, 4.69) is 20.7 Å². The zero-order chi connectivity index (χ0) is 19.9. The van der Waals surface area contributed by atoms with Crippen LogP contribution in [-0.2, 0) is 18.3 Å². The number of para-hydroxylation sites is 2. The minimum Gasteiger partial charge on any atom is -0.432 e. The molecule has 3 aromatic rings. The highest BCUT2D eigenvalue weighted by Crippen LogP contribution is 2.21. The van der Waals surface area contributed by atoms with Gasteiger partial charge in [0.15, 0.2) is 11.6 Å². The Morgan fingerprint density at radius 3 is 2.57 bits per heavy atom. The Kier molecular flexibility index (Phi) is 6.89. The van der Waals surface area contributed by atoms with Crippen LogP contribution in [0.2, 0.25) is 0 Å². The summed E-state index contributed by atoms with van der Waals surface area (Å²) in [6.45, 7) is 0.470. The van der Waals surface area contributed by atoms with Crippen LogP contribution in [-0.4, -0.2) is 47.4 Å². The quantitative estimate of drug-likeness (QED) is 0.675. The third-order valence-electron chi connectivity index (χ3n) is 4.35. The Morgan fingerprint density at radius 2 is 1.89 bits per heavy atom. The van der Waals surface area contributed by atoms with Gasteiger partial charge in [-0.1, -0.05) is 18.2 Å². The highest BCUT2D eigenvalue weighted by molar-refractivity contribution is 5.74. The number of rotatable bonds is 4. The normalized spacial score (nSPS) is 14.8. The van der Waals surface area contributed by atoms with Crippen LogP contribution in [0.5, 0.6) is 5.75 Å². The third-order valence-corrected chi connectivity index (χ3v) is 4.35. The first-order valence-electron chi connectivity index (χ1n) is 8.92. The van der Waals surface area contributed by atoms with Crippen molar-refractivity contribution in [2.24, 2.45) is 7.05 Å². The predicted octanol–water partition coefficient (Wildman–Crippen LogP) is 3.83. The number of imidazole rings is 1. The molecule has 0 aliphatic carbocycles. The fourth-order valence-corrected chi connectivity index (χ4v) is 2.93.